The number of nitrogens with two attached hydrogens (primary N) is 1. The van der Waals surface area contributed by atoms with Crippen molar-refractivity contribution in [1.82, 2.24) is 10.2 Å². The summed E-state index contributed by atoms with van der Waals surface area (Å²) in [6.45, 7) is 2.09. The van der Waals surface area contributed by atoms with Gasteiger partial charge in [0.25, 0.3) is 0 Å². The highest BCUT2D eigenvalue weighted by Gasteiger charge is 2.21. The zero-order valence-corrected chi connectivity index (χ0v) is 9.01. The van der Waals surface area contributed by atoms with E-state index in [-0.39, 0.29) is 6.04 Å². The number of hydrogen-bond acceptors (Lipinski definition) is 3. The molecule has 0 radical (unpaired) electrons. The van der Waals surface area contributed by atoms with Crippen molar-refractivity contribution in [2.24, 2.45) is 5.73 Å². The number of fused-ring (bicyclic) bond motifs is 1. The van der Waals surface area contributed by atoms with Gasteiger partial charge in [0.15, 0.2) is 5.15 Å². The summed E-state index contributed by atoms with van der Waals surface area (Å²) in [7, 11) is 0. The van der Waals surface area contributed by atoms with E-state index in [0.717, 1.165) is 36.9 Å². The van der Waals surface area contributed by atoms with Crippen LogP contribution in [-0.4, -0.2) is 16.2 Å². The molecule has 1 atom stereocenters. The molecule has 4 heteroatoms. The van der Waals surface area contributed by atoms with Crippen LogP contribution in [0.4, 0.5) is 0 Å². The van der Waals surface area contributed by atoms with Crippen LogP contribution in [0.25, 0.3) is 0 Å². The minimum Gasteiger partial charge on any atom is -0.327 e. The molecular weight excluding hydrogens is 198 g/mol. The third kappa shape index (κ3) is 1.62. The van der Waals surface area contributed by atoms with Crippen molar-refractivity contribution in [2.45, 2.75) is 38.6 Å². The molecule has 2 rings (SSSR count). The van der Waals surface area contributed by atoms with E-state index in [1.807, 2.05) is 0 Å². The molecule has 0 spiro atoms. The summed E-state index contributed by atoms with van der Waals surface area (Å²) in [5, 5.41) is 8.60. The lowest BCUT2D eigenvalue weighted by atomic mass is 9.88. The average molecular weight is 212 g/mol. The van der Waals surface area contributed by atoms with E-state index in [4.69, 9.17) is 17.3 Å². The van der Waals surface area contributed by atoms with Crippen molar-refractivity contribution in [1.29, 1.82) is 0 Å². The van der Waals surface area contributed by atoms with Gasteiger partial charge in [-0.1, -0.05) is 18.5 Å². The van der Waals surface area contributed by atoms with Crippen LogP contribution in [0, 0.1) is 0 Å². The van der Waals surface area contributed by atoms with E-state index < -0.39 is 0 Å². The lowest BCUT2D eigenvalue weighted by Gasteiger charge is -2.23. The summed E-state index contributed by atoms with van der Waals surface area (Å²) in [6, 6.07) is 0.230. The number of hydrogen-bond donors (Lipinski definition) is 1. The monoisotopic (exact) mass is 211 g/mol. The highest BCUT2D eigenvalue weighted by molar-refractivity contribution is 6.30. The molecule has 0 saturated heterocycles. The van der Waals surface area contributed by atoms with E-state index in [1.54, 1.807) is 0 Å². The number of halogens is 1. The summed E-state index contributed by atoms with van der Waals surface area (Å²) >= 11 is 6.01. The molecule has 2 N–H and O–H groups in total. The molecule has 1 aromatic rings. The molecule has 0 saturated carbocycles. The first-order chi connectivity index (χ1) is 6.72. The van der Waals surface area contributed by atoms with E-state index in [9.17, 15) is 0 Å². The standard InChI is InChI=1S/C10H14ClN3/c1-2-9-7-4-3-6(12)5-8(7)10(11)14-13-9/h6H,2-5,12H2,1H3. The Hall–Kier alpha value is -0.670. The molecular formula is C10H14ClN3. The fourth-order valence-corrected chi connectivity index (χ4v) is 2.23. The molecule has 0 aliphatic heterocycles. The van der Waals surface area contributed by atoms with Crippen molar-refractivity contribution in [3.05, 3.63) is 22.0 Å². The summed E-state index contributed by atoms with van der Waals surface area (Å²) in [5.74, 6) is 0. The minimum atomic E-state index is 0.230. The molecule has 1 aliphatic rings. The largest absolute Gasteiger partial charge is 0.327 e. The van der Waals surface area contributed by atoms with Crippen LogP contribution in [0.15, 0.2) is 0 Å². The Labute approximate surface area is 88.7 Å². The van der Waals surface area contributed by atoms with Crippen molar-refractivity contribution in [3.63, 3.8) is 0 Å². The zero-order chi connectivity index (χ0) is 10.1. The molecule has 1 unspecified atom stereocenters. The normalized spacial score (nSPS) is 20.6. The van der Waals surface area contributed by atoms with Gasteiger partial charge in [0.2, 0.25) is 0 Å². The predicted molar refractivity (Wildman–Crippen MR) is 56.4 cm³/mol. The van der Waals surface area contributed by atoms with Gasteiger partial charge < -0.3 is 5.73 Å². The number of aromatic nitrogens is 2. The lowest BCUT2D eigenvalue weighted by molar-refractivity contribution is 0.566. The summed E-state index contributed by atoms with van der Waals surface area (Å²) in [4.78, 5) is 0. The van der Waals surface area contributed by atoms with Crippen LogP contribution in [0.3, 0.4) is 0 Å². The van der Waals surface area contributed by atoms with Gasteiger partial charge in [0.05, 0.1) is 5.69 Å². The first-order valence-electron chi connectivity index (χ1n) is 5.00. The average Bonchev–Trinajstić information content (AvgIpc) is 2.19. The van der Waals surface area contributed by atoms with Gasteiger partial charge in [-0.2, -0.15) is 5.10 Å². The van der Waals surface area contributed by atoms with Crippen LogP contribution in [-0.2, 0) is 19.3 Å². The number of nitrogens with zero attached hydrogens (tertiary/aromatic N) is 2. The van der Waals surface area contributed by atoms with Gasteiger partial charge in [-0.25, -0.2) is 0 Å². The van der Waals surface area contributed by atoms with Crippen molar-refractivity contribution in [2.75, 3.05) is 0 Å². The minimum absolute atomic E-state index is 0.230. The van der Waals surface area contributed by atoms with E-state index in [1.165, 1.54) is 5.56 Å². The Morgan fingerprint density at radius 1 is 1.43 bits per heavy atom. The van der Waals surface area contributed by atoms with E-state index in [2.05, 4.69) is 17.1 Å². The third-order valence-corrected chi connectivity index (χ3v) is 3.09. The van der Waals surface area contributed by atoms with Crippen LogP contribution in [0.5, 0.6) is 0 Å². The Kier molecular flexibility index (Phi) is 2.70. The summed E-state index contributed by atoms with van der Waals surface area (Å²) < 4.78 is 0. The second-order valence-electron chi connectivity index (χ2n) is 3.75. The summed E-state index contributed by atoms with van der Waals surface area (Å²) in [5.41, 5.74) is 9.39. The highest BCUT2D eigenvalue weighted by atomic mass is 35.5. The van der Waals surface area contributed by atoms with Gasteiger partial charge in [-0.05, 0) is 36.8 Å². The molecule has 0 aromatic carbocycles. The van der Waals surface area contributed by atoms with Gasteiger partial charge in [-0.3, -0.25) is 0 Å². The fourth-order valence-electron chi connectivity index (χ4n) is 2.00. The molecule has 0 fully saturated rings. The first kappa shape index (κ1) is 9.87. The molecule has 1 heterocycles. The number of aryl methyl sites for hydroxylation is 1. The maximum absolute atomic E-state index is 6.01. The number of rotatable bonds is 1. The zero-order valence-electron chi connectivity index (χ0n) is 8.26. The van der Waals surface area contributed by atoms with Gasteiger partial charge in [0, 0.05) is 6.04 Å². The molecule has 0 bridgehead atoms. The van der Waals surface area contributed by atoms with E-state index >= 15 is 0 Å². The highest BCUT2D eigenvalue weighted by Crippen LogP contribution is 2.27. The van der Waals surface area contributed by atoms with Crippen LogP contribution >= 0.6 is 11.6 Å². The maximum atomic E-state index is 6.01. The quantitative estimate of drug-likeness (QED) is 0.766. The van der Waals surface area contributed by atoms with Crippen molar-refractivity contribution >= 4 is 11.6 Å². The second-order valence-corrected chi connectivity index (χ2v) is 4.11. The SMILES string of the molecule is CCc1nnc(Cl)c2c1CCC(N)C2. The second kappa shape index (κ2) is 3.83. The predicted octanol–water partition coefficient (Wildman–Crippen LogP) is 1.51. The molecule has 76 valence electrons. The van der Waals surface area contributed by atoms with E-state index in [0.29, 0.717) is 5.15 Å². The Morgan fingerprint density at radius 2 is 2.21 bits per heavy atom. The maximum Gasteiger partial charge on any atom is 0.155 e. The van der Waals surface area contributed by atoms with Crippen molar-refractivity contribution in [3.8, 4) is 0 Å². The van der Waals surface area contributed by atoms with Crippen LogP contribution in [0.1, 0.15) is 30.2 Å². The Morgan fingerprint density at radius 3 is 2.93 bits per heavy atom. The molecule has 1 aromatic heterocycles. The third-order valence-electron chi connectivity index (χ3n) is 2.79. The molecule has 3 nitrogen and oxygen atoms in total. The van der Waals surface area contributed by atoms with Crippen LogP contribution < -0.4 is 5.73 Å². The van der Waals surface area contributed by atoms with Gasteiger partial charge in [-0.15, -0.1) is 5.10 Å². The Bertz CT molecular complexity index is 351. The summed E-state index contributed by atoms with van der Waals surface area (Å²) in [6.07, 6.45) is 3.79. The topological polar surface area (TPSA) is 51.8 Å². The molecule has 0 amide bonds. The van der Waals surface area contributed by atoms with Crippen molar-refractivity contribution < 1.29 is 0 Å². The Balaban J connectivity index is 2.49. The van der Waals surface area contributed by atoms with Gasteiger partial charge >= 0.3 is 0 Å². The molecule has 14 heavy (non-hydrogen) atoms. The smallest absolute Gasteiger partial charge is 0.155 e. The van der Waals surface area contributed by atoms with Gasteiger partial charge in [0.1, 0.15) is 0 Å². The lowest BCUT2D eigenvalue weighted by Crippen LogP contribution is -2.29. The fraction of sp³-hybridized carbons (Fsp3) is 0.600. The van der Waals surface area contributed by atoms with Crippen LogP contribution in [0.2, 0.25) is 5.15 Å². The molecule has 1 aliphatic carbocycles. The first-order valence-corrected chi connectivity index (χ1v) is 5.38.